The van der Waals surface area contributed by atoms with E-state index >= 15 is 0 Å². The third-order valence-electron chi connectivity index (χ3n) is 5.22. The molecule has 9 heteroatoms. The summed E-state index contributed by atoms with van der Waals surface area (Å²) in [6.07, 6.45) is -4.42. The topological polar surface area (TPSA) is 81.5 Å². The van der Waals surface area contributed by atoms with Crippen molar-refractivity contribution in [2.75, 3.05) is 25.5 Å². The molecule has 1 aromatic heterocycles. The molecule has 0 bridgehead atoms. The fraction of sp³-hybridized carbons (Fsp3) is 0.333. The SMILES string of the molecule is CN1C[C@H](O)C[C@@H](Nc2nnc(-c3ccc(C(F)(F)F)cc3O)c3ccccc23)C1. The molecule has 3 N–H and O–H groups in total. The van der Waals surface area contributed by atoms with E-state index < -0.39 is 23.6 Å². The Morgan fingerprint density at radius 3 is 2.47 bits per heavy atom. The molecule has 0 saturated carbocycles. The number of benzene rings is 2. The summed E-state index contributed by atoms with van der Waals surface area (Å²) in [5, 5.41) is 33.4. The number of β-amino-alcohol motifs (C(OH)–C–C–N with tert-alkyl or cyclic N) is 1. The van der Waals surface area contributed by atoms with Crippen LogP contribution in [0.25, 0.3) is 22.0 Å². The molecule has 30 heavy (non-hydrogen) atoms. The summed E-state index contributed by atoms with van der Waals surface area (Å²) in [5.74, 6) is 0.00951. The molecule has 2 atom stereocenters. The summed E-state index contributed by atoms with van der Waals surface area (Å²) in [6, 6.07) is 10.0. The zero-order valence-corrected chi connectivity index (χ0v) is 16.2. The van der Waals surface area contributed by atoms with Crippen LogP contribution in [0.15, 0.2) is 42.5 Å². The second-order valence-electron chi connectivity index (χ2n) is 7.62. The number of aliphatic hydroxyl groups excluding tert-OH is 1. The minimum absolute atomic E-state index is 0.0261. The Bertz CT molecular complexity index is 1060. The summed E-state index contributed by atoms with van der Waals surface area (Å²) >= 11 is 0. The lowest BCUT2D eigenvalue weighted by Crippen LogP contribution is -2.46. The number of anilines is 1. The van der Waals surface area contributed by atoms with Crippen LogP contribution in [0.2, 0.25) is 0 Å². The Kier molecular flexibility index (Phi) is 5.25. The summed E-state index contributed by atoms with van der Waals surface area (Å²) in [6.45, 7) is 1.34. The van der Waals surface area contributed by atoms with Crippen molar-refractivity contribution < 1.29 is 23.4 Å². The van der Waals surface area contributed by atoms with Gasteiger partial charge in [-0.3, -0.25) is 0 Å². The zero-order valence-electron chi connectivity index (χ0n) is 16.2. The van der Waals surface area contributed by atoms with Crippen LogP contribution in [-0.2, 0) is 6.18 Å². The van der Waals surface area contributed by atoms with Gasteiger partial charge in [-0.2, -0.15) is 13.2 Å². The minimum atomic E-state index is -4.55. The number of aromatic hydroxyl groups is 1. The number of nitrogens with one attached hydrogen (secondary N) is 1. The Balaban J connectivity index is 1.73. The van der Waals surface area contributed by atoms with Crippen molar-refractivity contribution in [3.05, 3.63) is 48.0 Å². The molecule has 6 nitrogen and oxygen atoms in total. The number of fused-ring (bicyclic) bond motifs is 1. The quantitative estimate of drug-likeness (QED) is 0.604. The molecule has 0 spiro atoms. The molecule has 1 aliphatic rings. The van der Waals surface area contributed by atoms with E-state index in [9.17, 15) is 23.4 Å². The lowest BCUT2D eigenvalue weighted by molar-refractivity contribution is -0.137. The third-order valence-corrected chi connectivity index (χ3v) is 5.22. The minimum Gasteiger partial charge on any atom is -0.507 e. The van der Waals surface area contributed by atoms with Gasteiger partial charge in [-0.25, -0.2) is 0 Å². The van der Waals surface area contributed by atoms with E-state index in [0.29, 0.717) is 35.9 Å². The first kappa shape index (κ1) is 20.4. The number of nitrogens with zero attached hydrogens (tertiary/aromatic N) is 3. The monoisotopic (exact) mass is 418 g/mol. The largest absolute Gasteiger partial charge is 0.507 e. The van der Waals surface area contributed by atoms with Crippen molar-refractivity contribution >= 4 is 16.6 Å². The molecule has 0 unspecified atom stereocenters. The smallest absolute Gasteiger partial charge is 0.416 e. The van der Waals surface area contributed by atoms with Gasteiger partial charge in [0.1, 0.15) is 11.4 Å². The number of hydrogen-bond acceptors (Lipinski definition) is 6. The van der Waals surface area contributed by atoms with Crippen molar-refractivity contribution in [3.63, 3.8) is 0 Å². The molecule has 1 fully saturated rings. The van der Waals surface area contributed by atoms with E-state index in [2.05, 4.69) is 15.5 Å². The van der Waals surface area contributed by atoms with E-state index in [0.717, 1.165) is 18.0 Å². The number of aromatic nitrogens is 2. The number of halogens is 3. The van der Waals surface area contributed by atoms with Crippen molar-refractivity contribution in [3.8, 4) is 17.0 Å². The normalized spacial score (nSPS) is 20.4. The summed E-state index contributed by atoms with van der Waals surface area (Å²) in [7, 11) is 1.93. The summed E-state index contributed by atoms with van der Waals surface area (Å²) < 4.78 is 38.8. The average molecular weight is 418 g/mol. The van der Waals surface area contributed by atoms with Gasteiger partial charge in [0.05, 0.1) is 11.7 Å². The average Bonchev–Trinajstić information content (AvgIpc) is 2.67. The lowest BCUT2D eigenvalue weighted by atomic mass is 10.0. The molecule has 1 aliphatic heterocycles. The highest BCUT2D eigenvalue weighted by atomic mass is 19.4. The first-order chi connectivity index (χ1) is 14.2. The zero-order chi connectivity index (χ0) is 21.5. The van der Waals surface area contributed by atoms with Crippen molar-refractivity contribution in [2.24, 2.45) is 0 Å². The number of phenolic OH excluding ortho intramolecular Hbond substituents is 1. The molecule has 3 aromatic rings. The van der Waals surface area contributed by atoms with Gasteiger partial charge in [0, 0.05) is 35.5 Å². The Labute approximate surface area is 171 Å². The van der Waals surface area contributed by atoms with Crippen LogP contribution in [0.5, 0.6) is 5.75 Å². The van der Waals surface area contributed by atoms with Crippen LogP contribution < -0.4 is 5.32 Å². The fourth-order valence-corrected chi connectivity index (χ4v) is 3.90. The Morgan fingerprint density at radius 2 is 1.80 bits per heavy atom. The second-order valence-corrected chi connectivity index (χ2v) is 7.62. The summed E-state index contributed by atoms with van der Waals surface area (Å²) in [5.41, 5.74) is -0.464. The molecule has 158 valence electrons. The molecule has 4 rings (SSSR count). The van der Waals surface area contributed by atoms with Crippen LogP contribution in [0, 0.1) is 0 Å². The maximum Gasteiger partial charge on any atom is 0.416 e. The molecular weight excluding hydrogens is 397 g/mol. The Morgan fingerprint density at radius 1 is 1.07 bits per heavy atom. The van der Waals surface area contributed by atoms with Gasteiger partial charge in [-0.05, 0) is 31.7 Å². The van der Waals surface area contributed by atoms with Crippen molar-refractivity contribution in [1.82, 2.24) is 15.1 Å². The number of hydrogen-bond donors (Lipinski definition) is 3. The first-order valence-corrected chi connectivity index (χ1v) is 9.51. The number of aliphatic hydroxyl groups is 1. The van der Waals surface area contributed by atoms with Crippen LogP contribution in [0.4, 0.5) is 19.0 Å². The van der Waals surface area contributed by atoms with Crippen LogP contribution in [-0.4, -0.2) is 57.6 Å². The van der Waals surface area contributed by atoms with Crippen LogP contribution in [0.3, 0.4) is 0 Å². The first-order valence-electron chi connectivity index (χ1n) is 9.51. The van der Waals surface area contributed by atoms with Crippen molar-refractivity contribution in [2.45, 2.75) is 24.7 Å². The van der Waals surface area contributed by atoms with Gasteiger partial charge in [0.2, 0.25) is 0 Å². The van der Waals surface area contributed by atoms with E-state index in [-0.39, 0.29) is 11.6 Å². The second kappa shape index (κ2) is 7.73. The van der Waals surface area contributed by atoms with Crippen LogP contribution >= 0.6 is 0 Å². The predicted octanol–water partition coefficient (Wildman–Crippen LogP) is 3.50. The van der Waals surface area contributed by atoms with E-state index in [4.69, 9.17) is 0 Å². The van der Waals surface area contributed by atoms with E-state index in [1.54, 1.807) is 12.1 Å². The van der Waals surface area contributed by atoms with Gasteiger partial charge in [-0.1, -0.05) is 24.3 Å². The maximum absolute atomic E-state index is 12.9. The molecule has 2 heterocycles. The van der Waals surface area contributed by atoms with Gasteiger partial charge >= 0.3 is 6.18 Å². The lowest BCUT2D eigenvalue weighted by Gasteiger charge is -2.33. The number of likely N-dealkylation sites (tertiary alicyclic amines) is 1. The highest BCUT2D eigenvalue weighted by Crippen LogP contribution is 2.38. The number of rotatable bonds is 3. The van der Waals surface area contributed by atoms with Gasteiger partial charge in [0.15, 0.2) is 5.82 Å². The molecular formula is C21H21F3N4O2. The van der Waals surface area contributed by atoms with Gasteiger partial charge < -0.3 is 20.4 Å². The number of alkyl halides is 3. The number of likely N-dealkylation sites (N-methyl/N-ethyl adjacent to an activating group) is 1. The standard InChI is InChI=1S/C21H21F3N4O2/c1-28-10-13(9-14(29)11-28)25-20-16-5-3-2-4-15(16)19(26-27-20)17-7-6-12(8-18(17)30)21(22,23)24/h2-8,13-14,29-30H,9-11H2,1H3,(H,25,27)/t13-,14-/m1/s1. The van der Waals surface area contributed by atoms with Crippen LogP contribution in [0.1, 0.15) is 12.0 Å². The molecule has 0 aliphatic carbocycles. The fourth-order valence-electron chi connectivity index (χ4n) is 3.90. The Hall–Kier alpha value is -2.91. The molecule has 0 radical (unpaired) electrons. The van der Waals surface area contributed by atoms with E-state index in [1.807, 2.05) is 24.1 Å². The molecule has 2 aromatic carbocycles. The highest BCUT2D eigenvalue weighted by molar-refractivity contribution is 6.00. The molecule has 0 amide bonds. The van der Waals surface area contributed by atoms with Gasteiger partial charge in [0.25, 0.3) is 0 Å². The third kappa shape index (κ3) is 4.03. The number of phenols is 1. The number of piperidine rings is 1. The highest BCUT2D eigenvalue weighted by Gasteiger charge is 2.31. The maximum atomic E-state index is 12.9. The predicted molar refractivity (Wildman–Crippen MR) is 107 cm³/mol. The summed E-state index contributed by atoms with van der Waals surface area (Å²) in [4.78, 5) is 2.02. The van der Waals surface area contributed by atoms with Gasteiger partial charge in [-0.15, -0.1) is 10.2 Å². The molecule has 1 saturated heterocycles. The van der Waals surface area contributed by atoms with Crippen molar-refractivity contribution in [1.29, 1.82) is 0 Å². The van der Waals surface area contributed by atoms with E-state index in [1.165, 1.54) is 6.07 Å².